The molecular weight excluding hydrogens is 525 g/mol. The number of carbonyl (C=O) groups excluding carboxylic acids is 1. The van der Waals surface area contributed by atoms with Crippen molar-refractivity contribution in [2.45, 2.75) is 25.4 Å². The van der Waals surface area contributed by atoms with Gasteiger partial charge in [0.25, 0.3) is 0 Å². The Hall–Kier alpha value is -3.69. The Labute approximate surface area is 231 Å². The molecule has 2 aromatic rings. The lowest BCUT2D eigenvalue weighted by atomic mass is 9.94. The molecule has 0 spiro atoms. The molecular formula is C28H32F3N6O3+. The van der Waals surface area contributed by atoms with Gasteiger partial charge in [0.15, 0.2) is 23.4 Å². The van der Waals surface area contributed by atoms with Crippen LogP contribution in [0.1, 0.15) is 30.5 Å². The Morgan fingerprint density at radius 3 is 2.52 bits per heavy atom. The number of ether oxygens (including phenoxy) is 2. The van der Waals surface area contributed by atoms with Gasteiger partial charge >= 0.3 is 12.2 Å². The number of alkyl halides is 3. The number of likely N-dealkylation sites (tertiary alicyclic amines) is 1. The summed E-state index contributed by atoms with van der Waals surface area (Å²) in [5.74, 6) is 0.0309. The molecule has 9 nitrogen and oxygen atoms in total. The lowest BCUT2D eigenvalue weighted by Crippen LogP contribution is -2.50. The summed E-state index contributed by atoms with van der Waals surface area (Å²) in [6, 6.07) is 7.59. The van der Waals surface area contributed by atoms with Crippen molar-refractivity contribution in [2.75, 3.05) is 60.1 Å². The normalized spacial score (nSPS) is 18.9. The second-order valence-electron chi connectivity index (χ2n) is 10.8. The van der Waals surface area contributed by atoms with Gasteiger partial charge in [-0.2, -0.15) is 23.4 Å². The molecule has 0 radical (unpaired) electrons. The molecule has 0 unspecified atom stereocenters. The molecule has 3 aliphatic rings. The van der Waals surface area contributed by atoms with Gasteiger partial charge < -0.3 is 19.3 Å². The number of quaternary nitrogens is 1. The number of amides is 2. The van der Waals surface area contributed by atoms with Crippen LogP contribution in [0.4, 0.5) is 29.3 Å². The second kappa shape index (κ2) is 11.1. The van der Waals surface area contributed by atoms with Crippen LogP contribution in [-0.2, 0) is 10.9 Å². The monoisotopic (exact) mass is 557 g/mol. The van der Waals surface area contributed by atoms with Gasteiger partial charge in [-0.05, 0) is 43.4 Å². The minimum absolute atomic E-state index is 0.0303. The van der Waals surface area contributed by atoms with Crippen LogP contribution in [0.3, 0.4) is 0 Å². The number of carbonyl (C=O) groups is 1. The van der Waals surface area contributed by atoms with E-state index >= 15 is 0 Å². The van der Waals surface area contributed by atoms with E-state index in [9.17, 15) is 23.2 Å². The van der Waals surface area contributed by atoms with E-state index in [0.717, 1.165) is 18.9 Å². The van der Waals surface area contributed by atoms with Crippen molar-refractivity contribution >= 4 is 23.7 Å². The number of nitrogens with zero attached hydrogens (tertiary/aromatic N) is 6. The molecule has 40 heavy (non-hydrogen) atoms. The van der Waals surface area contributed by atoms with E-state index in [1.165, 1.54) is 12.1 Å². The first kappa shape index (κ1) is 27.9. The SMILES string of the molecule is C[N+]1(C)C=Nc2c1cc(-c1ccc(OCCC3CCN(C(=O)N4CCOCC4)CC3)c(C(F)(F)F)c1)nc2C#N. The number of rotatable bonds is 5. The minimum atomic E-state index is -4.64. The third-order valence-corrected chi connectivity index (χ3v) is 7.71. The van der Waals surface area contributed by atoms with Crippen molar-refractivity contribution in [3.63, 3.8) is 0 Å². The van der Waals surface area contributed by atoms with E-state index in [0.29, 0.717) is 57.2 Å². The van der Waals surface area contributed by atoms with Gasteiger partial charge in [0, 0.05) is 37.8 Å². The van der Waals surface area contributed by atoms with Gasteiger partial charge in [-0.25, -0.2) is 9.78 Å². The van der Waals surface area contributed by atoms with Crippen LogP contribution >= 0.6 is 0 Å². The smallest absolute Gasteiger partial charge is 0.419 e. The number of pyridine rings is 1. The highest BCUT2D eigenvalue weighted by Gasteiger charge is 2.36. The molecule has 2 saturated heterocycles. The van der Waals surface area contributed by atoms with Crippen LogP contribution in [0.15, 0.2) is 29.3 Å². The van der Waals surface area contributed by atoms with Crippen molar-refractivity contribution in [1.82, 2.24) is 19.3 Å². The summed E-state index contributed by atoms with van der Waals surface area (Å²) < 4.78 is 53.4. The minimum Gasteiger partial charge on any atom is -0.493 e. The molecule has 0 bridgehead atoms. The first-order valence-corrected chi connectivity index (χ1v) is 13.4. The van der Waals surface area contributed by atoms with Crippen LogP contribution in [0.2, 0.25) is 0 Å². The van der Waals surface area contributed by atoms with Crippen LogP contribution in [0.25, 0.3) is 11.3 Å². The highest BCUT2D eigenvalue weighted by atomic mass is 19.4. The molecule has 0 saturated carbocycles. The predicted octanol–water partition coefficient (Wildman–Crippen LogP) is 4.81. The number of aliphatic imine (C=N–C) groups is 1. The highest BCUT2D eigenvalue weighted by Crippen LogP contribution is 2.42. The molecule has 3 aliphatic heterocycles. The zero-order valence-electron chi connectivity index (χ0n) is 22.6. The summed E-state index contributed by atoms with van der Waals surface area (Å²) in [6.45, 7) is 3.70. The molecule has 1 aromatic heterocycles. The largest absolute Gasteiger partial charge is 0.493 e. The number of nitriles is 1. The first-order valence-electron chi connectivity index (χ1n) is 13.4. The summed E-state index contributed by atoms with van der Waals surface area (Å²) in [4.78, 5) is 24.9. The van der Waals surface area contributed by atoms with Gasteiger partial charge in [0.2, 0.25) is 0 Å². The van der Waals surface area contributed by atoms with Gasteiger partial charge in [0.05, 0.1) is 45.2 Å². The average molecular weight is 558 g/mol. The lowest BCUT2D eigenvalue weighted by Gasteiger charge is -2.37. The van der Waals surface area contributed by atoms with Crippen molar-refractivity contribution in [3.8, 4) is 23.1 Å². The van der Waals surface area contributed by atoms with Crippen LogP contribution in [0, 0.1) is 17.2 Å². The number of morpholine rings is 1. The topological polar surface area (TPSA) is 91.1 Å². The quantitative estimate of drug-likeness (QED) is 0.492. The van der Waals surface area contributed by atoms with E-state index in [2.05, 4.69) is 9.98 Å². The van der Waals surface area contributed by atoms with Crippen molar-refractivity contribution in [1.29, 1.82) is 5.26 Å². The van der Waals surface area contributed by atoms with E-state index < -0.39 is 11.7 Å². The van der Waals surface area contributed by atoms with E-state index in [1.807, 2.05) is 30.0 Å². The zero-order valence-corrected chi connectivity index (χ0v) is 22.6. The molecule has 212 valence electrons. The molecule has 0 N–H and O–H groups in total. The molecule has 5 rings (SSSR count). The van der Waals surface area contributed by atoms with E-state index in [-0.39, 0.29) is 45.7 Å². The Kier molecular flexibility index (Phi) is 7.70. The number of aromatic nitrogens is 1. The summed E-state index contributed by atoms with van der Waals surface area (Å²) in [7, 11) is 3.73. The molecule has 0 aliphatic carbocycles. The number of hydrogen-bond donors (Lipinski definition) is 0. The van der Waals surface area contributed by atoms with Gasteiger partial charge in [-0.3, -0.25) is 4.48 Å². The number of urea groups is 1. The standard InChI is InChI=1S/C28H32F3N6O3/c1-37(2)18-33-26-23(17-32)34-22(16-24(26)37)20-3-4-25(21(15-20)28(29,30)31)40-12-7-19-5-8-35(9-6-19)27(38)36-10-13-39-14-11-36/h3-4,15-16,18-19H,5-14H2,1-2H3/q+1. The number of hydrogen-bond acceptors (Lipinski definition) is 6. The lowest BCUT2D eigenvalue weighted by molar-refractivity contribution is -0.138. The summed E-state index contributed by atoms with van der Waals surface area (Å²) >= 11 is 0. The van der Waals surface area contributed by atoms with Gasteiger partial charge in [0.1, 0.15) is 11.8 Å². The fourth-order valence-corrected chi connectivity index (χ4v) is 5.32. The zero-order chi connectivity index (χ0) is 28.5. The average Bonchev–Trinajstić information content (AvgIpc) is 3.26. The highest BCUT2D eigenvalue weighted by molar-refractivity contribution is 5.91. The van der Waals surface area contributed by atoms with Crippen LogP contribution in [0.5, 0.6) is 5.75 Å². The number of halogens is 3. The second-order valence-corrected chi connectivity index (χ2v) is 10.8. The summed E-state index contributed by atoms with van der Waals surface area (Å²) in [5, 5.41) is 9.56. The Balaban J connectivity index is 1.24. The molecule has 2 fully saturated rings. The third kappa shape index (κ3) is 5.76. The van der Waals surface area contributed by atoms with Crippen molar-refractivity contribution in [3.05, 3.63) is 35.5 Å². The summed E-state index contributed by atoms with van der Waals surface area (Å²) in [5.41, 5.74) is 0.808. The maximum atomic E-state index is 14.1. The molecule has 4 heterocycles. The maximum absolute atomic E-state index is 14.1. The fourth-order valence-electron chi connectivity index (χ4n) is 5.32. The van der Waals surface area contributed by atoms with E-state index in [4.69, 9.17) is 9.47 Å². The van der Waals surface area contributed by atoms with E-state index in [1.54, 1.807) is 12.4 Å². The number of benzene rings is 1. The third-order valence-electron chi connectivity index (χ3n) is 7.71. The first-order chi connectivity index (χ1) is 19.1. The van der Waals surface area contributed by atoms with Crippen LogP contribution in [-0.4, -0.2) is 87.2 Å². The maximum Gasteiger partial charge on any atom is 0.419 e. The molecule has 12 heteroatoms. The number of piperidine rings is 1. The van der Waals surface area contributed by atoms with Crippen molar-refractivity contribution < 1.29 is 27.4 Å². The molecule has 1 aromatic carbocycles. The van der Waals surface area contributed by atoms with Crippen molar-refractivity contribution in [2.24, 2.45) is 10.9 Å². The van der Waals surface area contributed by atoms with Crippen LogP contribution < -0.4 is 9.22 Å². The Morgan fingerprint density at radius 2 is 1.85 bits per heavy atom. The van der Waals surface area contributed by atoms with Gasteiger partial charge in [-0.15, -0.1) is 0 Å². The molecule has 0 atom stereocenters. The summed E-state index contributed by atoms with van der Waals surface area (Å²) in [6.07, 6.45) is -0.809. The fraction of sp³-hybridized carbons (Fsp3) is 0.500. The predicted molar refractivity (Wildman–Crippen MR) is 143 cm³/mol. The van der Waals surface area contributed by atoms with Gasteiger partial charge in [-0.1, -0.05) is 0 Å². The Bertz CT molecular complexity index is 1340. The Morgan fingerprint density at radius 1 is 1.15 bits per heavy atom. The number of fused-ring (bicyclic) bond motifs is 1. The molecule has 2 amide bonds.